The minimum absolute atomic E-state index is 0.144. The molecule has 1 aliphatic heterocycles. The average Bonchev–Trinajstić information content (AvgIpc) is 2.64. The highest BCUT2D eigenvalue weighted by Gasteiger charge is 2.28. The van der Waals surface area contributed by atoms with Crippen molar-refractivity contribution < 1.29 is 9.18 Å². The topological polar surface area (TPSA) is 104 Å². The van der Waals surface area contributed by atoms with Gasteiger partial charge in [-0.05, 0) is 43.6 Å². The second-order valence-corrected chi connectivity index (χ2v) is 6.71. The number of aromatic nitrogens is 2. The summed E-state index contributed by atoms with van der Waals surface area (Å²) < 4.78 is 13.3. The summed E-state index contributed by atoms with van der Waals surface area (Å²) in [6.07, 6.45) is 3.60. The minimum atomic E-state index is -0.459. The van der Waals surface area contributed by atoms with Crippen molar-refractivity contribution in [2.75, 3.05) is 25.4 Å². The monoisotopic (exact) mass is 373 g/mol. The van der Waals surface area contributed by atoms with E-state index in [2.05, 4.69) is 20.2 Å². The predicted molar refractivity (Wildman–Crippen MR) is 101 cm³/mol. The van der Waals surface area contributed by atoms with Crippen LogP contribution in [0.15, 0.2) is 35.1 Å². The van der Waals surface area contributed by atoms with Gasteiger partial charge in [0.25, 0.3) is 5.56 Å². The van der Waals surface area contributed by atoms with E-state index in [1.54, 1.807) is 12.1 Å². The first-order valence-corrected chi connectivity index (χ1v) is 9.16. The first kappa shape index (κ1) is 19.0. The fourth-order valence-electron chi connectivity index (χ4n) is 3.40. The number of carbonyl (C=O) groups is 1. The maximum absolute atomic E-state index is 13.3. The van der Waals surface area contributed by atoms with Crippen molar-refractivity contribution in [2.45, 2.75) is 31.7 Å². The third-order valence-corrected chi connectivity index (χ3v) is 4.66. The molecule has 8 heteroatoms. The third kappa shape index (κ3) is 5.13. The van der Waals surface area contributed by atoms with Gasteiger partial charge < -0.3 is 16.0 Å². The number of nitrogens with one attached hydrogen (secondary N) is 2. The molecule has 1 amide bonds. The zero-order chi connectivity index (χ0) is 19.2. The molecule has 0 aliphatic carbocycles. The maximum atomic E-state index is 13.3. The number of aromatic amines is 1. The molecule has 1 unspecified atom stereocenters. The minimum Gasteiger partial charge on any atom is -0.383 e. The Morgan fingerprint density at radius 1 is 1.26 bits per heavy atom. The lowest BCUT2D eigenvalue weighted by atomic mass is 10.0. The van der Waals surface area contributed by atoms with Crippen molar-refractivity contribution in [3.05, 3.63) is 57.9 Å². The van der Waals surface area contributed by atoms with E-state index in [0.717, 1.165) is 37.9 Å². The van der Waals surface area contributed by atoms with Crippen LogP contribution in [0.2, 0.25) is 0 Å². The van der Waals surface area contributed by atoms with Crippen molar-refractivity contribution >= 4 is 11.7 Å². The number of carbonyl (C=O) groups excluding carboxylic acids is 1. The smallest absolute Gasteiger partial charge is 0.252 e. The summed E-state index contributed by atoms with van der Waals surface area (Å²) in [4.78, 5) is 33.1. The van der Waals surface area contributed by atoms with Gasteiger partial charge in [-0.2, -0.15) is 0 Å². The summed E-state index contributed by atoms with van der Waals surface area (Å²) in [5, 5.41) is 2.90. The number of nitrogens with zero attached hydrogens (tertiary/aromatic N) is 2. The number of benzene rings is 1. The van der Waals surface area contributed by atoms with Crippen LogP contribution in [0.4, 0.5) is 10.2 Å². The molecule has 1 fully saturated rings. The average molecular weight is 373 g/mol. The van der Waals surface area contributed by atoms with Gasteiger partial charge in [0.05, 0.1) is 0 Å². The highest BCUT2D eigenvalue weighted by molar-refractivity contribution is 5.83. The Balaban J connectivity index is 1.68. The molecule has 1 aromatic heterocycles. The highest BCUT2D eigenvalue weighted by Crippen LogP contribution is 2.25. The summed E-state index contributed by atoms with van der Waals surface area (Å²) in [6.45, 7) is 1.98. The van der Waals surface area contributed by atoms with Gasteiger partial charge in [-0.25, -0.2) is 9.37 Å². The Bertz CT molecular complexity index is 831. The SMILES string of the molecule is Nc1cc(=O)[nH]c(CCNC(=O)C(c2ccc(F)cc2)N2CCCCC2)n1. The van der Waals surface area contributed by atoms with E-state index in [4.69, 9.17) is 5.73 Å². The first-order valence-electron chi connectivity index (χ1n) is 9.16. The molecule has 7 nitrogen and oxygen atoms in total. The lowest BCUT2D eigenvalue weighted by molar-refractivity contribution is -0.127. The molecule has 1 saturated heterocycles. The number of hydrogen-bond donors (Lipinski definition) is 3. The quantitative estimate of drug-likeness (QED) is 0.710. The standard InChI is InChI=1S/C19H24FN5O2/c20-14-6-4-13(5-7-14)18(25-10-2-1-3-11-25)19(27)22-9-8-16-23-15(21)12-17(26)24-16/h4-7,12,18H,1-3,8-11H2,(H,22,27)(H3,21,23,24,26). The molecule has 1 aliphatic rings. The summed E-state index contributed by atoms with van der Waals surface area (Å²) >= 11 is 0. The van der Waals surface area contributed by atoms with Gasteiger partial charge in [-0.1, -0.05) is 18.6 Å². The predicted octanol–water partition coefficient (Wildman–Crippen LogP) is 1.38. The number of hydrogen-bond acceptors (Lipinski definition) is 5. The molecule has 1 atom stereocenters. The van der Waals surface area contributed by atoms with Crippen LogP contribution in [-0.2, 0) is 11.2 Å². The van der Waals surface area contributed by atoms with Crippen LogP contribution in [0.3, 0.4) is 0 Å². The molecule has 1 aromatic carbocycles. The second kappa shape index (κ2) is 8.77. The zero-order valence-electron chi connectivity index (χ0n) is 15.1. The van der Waals surface area contributed by atoms with Crippen LogP contribution < -0.4 is 16.6 Å². The van der Waals surface area contributed by atoms with Gasteiger partial charge in [-0.3, -0.25) is 14.5 Å². The van der Waals surface area contributed by atoms with Crippen LogP contribution in [-0.4, -0.2) is 40.4 Å². The largest absolute Gasteiger partial charge is 0.383 e. The van der Waals surface area contributed by atoms with Gasteiger partial charge in [0.1, 0.15) is 23.5 Å². The van der Waals surface area contributed by atoms with Crippen molar-refractivity contribution in [3.8, 4) is 0 Å². The number of nitrogen functional groups attached to an aromatic ring is 1. The summed E-state index contributed by atoms with van der Waals surface area (Å²) in [5.41, 5.74) is 6.02. The Hall–Kier alpha value is -2.74. The molecule has 2 aromatic rings. The Morgan fingerprint density at radius 2 is 1.96 bits per heavy atom. The van der Waals surface area contributed by atoms with E-state index in [-0.39, 0.29) is 23.1 Å². The zero-order valence-corrected chi connectivity index (χ0v) is 15.1. The fourth-order valence-corrected chi connectivity index (χ4v) is 3.40. The van der Waals surface area contributed by atoms with Gasteiger partial charge in [0.15, 0.2) is 0 Å². The van der Waals surface area contributed by atoms with Crippen LogP contribution >= 0.6 is 0 Å². The van der Waals surface area contributed by atoms with Crippen molar-refractivity contribution in [1.82, 2.24) is 20.2 Å². The number of halogens is 1. The molecule has 0 radical (unpaired) electrons. The molecule has 4 N–H and O–H groups in total. The third-order valence-electron chi connectivity index (χ3n) is 4.66. The van der Waals surface area contributed by atoms with Gasteiger partial charge in [0, 0.05) is 19.0 Å². The van der Waals surface area contributed by atoms with Crippen LogP contribution in [0.1, 0.15) is 36.7 Å². The fraction of sp³-hybridized carbons (Fsp3) is 0.421. The van der Waals surface area contributed by atoms with Crippen LogP contribution in [0.25, 0.3) is 0 Å². The normalized spacial score (nSPS) is 16.0. The summed E-state index contributed by atoms with van der Waals surface area (Å²) in [6, 6.07) is 6.82. The number of nitrogens with two attached hydrogens (primary N) is 1. The van der Waals surface area contributed by atoms with E-state index in [9.17, 15) is 14.0 Å². The Morgan fingerprint density at radius 3 is 2.63 bits per heavy atom. The van der Waals surface area contributed by atoms with E-state index in [1.165, 1.54) is 18.2 Å². The molecule has 3 rings (SSSR count). The summed E-state index contributed by atoms with van der Waals surface area (Å²) in [7, 11) is 0. The second-order valence-electron chi connectivity index (χ2n) is 6.71. The van der Waals surface area contributed by atoms with Crippen molar-refractivity contribution in [2.24, 2.45) is 0 Å². The molecule has 0 bridgehead atoms. The molecule has 2 heterocycles. The summed E-state index contributed by atoms with van der Waals surface area (Å²) in [5.74, 6) is 0.109. The van der Waals surface area contributed by atoms with Gasteiger partial charge in [-0.15, -0.1) is 0 Å². The molecule has 144 valence electrons. The van der Waals surface area contributed by atoms with Crippen LogP contribution in [0.5, 0.6) is 0 Å². The van der Waals surface area contributed by atoms with Crippen molar-refractivity contribution in [1.29, 1.82) is 0 Å². The lowest BCUT2D eigenvalue weighted by Crippen LogP contribution is -2.43. The Labute approximate surface area is 156 Å². The number of likely N-dealkylation sites (tertiary alicyclic amines) is 1. The molecular weight excluding hydrogens is 349 g/mol. The molecule has 0 spiro atoms. The number of piperidine rings is 1. The highest BCUT2D eigenvalue weighted by atomic mass is 19.1. The number of anilines is 1. The van der Waals surface area contributed by atoms with E-state index < -0.39 is 6.04 Å². The number of amides is 1. The van der Waals surface area contributed by atoms with E-state index in [1.807, 2.05) is 0 Å². The number of H-pyrrole nitrogens is 1. The number of rotatable bonds is 6. The Kier molecular flexibility index (Phi) is 6.18. The van der Waals surface area contributed by atoms with E-state index >= 15 is 0 Å². The van der Waals surface area contributed by atoms with E-state index in [0.29, 0.717) is 18.8 Å². The van der Waals surface area contributed by atoms with Gasteiger partial charge in [0.2, 0.25) is 5.91 Å². The molecule has 0 saturated carbocycles. The lowest BCUT2D eigenvalue weighted by Gasteiger charge is -2.34. The van der Waals surface area contributed by atoms with Crippen LogP contribution in [0, 0.1) is 5.82 Å². The molecular formula is C19H24FN5O2. The maximum Gasteiger partial charge on any atom is 0.252 e. The molecule has 27 heavy (non-hydrogen) atoms. The first-order chi connectivity index (χ1) is 13.0. The van der Waals surface area contributed by atoms with Crippen molar-refractivity contribution in [3.63, 3.8) is 0 Å². The van der Waals surface area contributed by atoms with Gasteiger partial charge >= 0.3 is 0 Å².